The molecule has 0 aliphatic rings. The summed E-state index contributed by atoms with van der Waals surface area (Å²) in [5.74, 6) is 0.980. The number of hydrogen-bond donors (Lipinski definition) is 2. The van der Waals surface area contributed by atoms with E-state index in [9.17, 15) is 9.59 Å². The second-order valence-electron chi connectivity index (χ2n) is 7.42. The van der Waals surface area contributed by atoms with Gasteiger partial charge in [-0.25, -0.2) is 0 Å². The summed E-state index contributed by atoms with van der Waals surface area (Å²) < 4.78 is 17.6. The number of ether oxygens (including phenoxy) is 3. The number of benzene rings is 4. The quantitative estimate of drug-likeness (QED) is 0.235. The van der Waals surface area contributed by atoms with Gasteiger partial charge in [-0.15, -0.1) is 0 Å². The molecule has 0 bridgehead atoms. The SMILES string of the molecule is O=C(COc1ccc2ccccc2c1Br)NNC(=O)c1ccc(OCCOc2ccccc2)cc1. The Morgan fingerprint density at radius 3 is 2.09 bits per heavy atom. The van der Waals surface area contributed by atoms with Crippen LogP contribution in [0.15, 0.2) is 95.5 Å². The Labute approximate surface area is 211 Å². The number of carbonyl (C=O) groups is 2. The van der Waals surface area contributed by atoms with Crippen LogP contribution in [0.3, 0.4) is 0 Å². The van der Waals surface area contributed by atoms with Crippen molar-refractivity contribution >= 4 is 38.5 Å². The van der Waals surface area contributed by atoms with E-state index in [1.165, 1.54) is 0 Å². The van der Waals surface area contributed by atoms with Crippen LogP contribution in [0.5, 0.6) is 17.2 Å². The normalized spacial score (nSPS) is 10.4. The molecule has 2 N–H and O–H groups in total. The molecule has 8 heteroatoms. The molecule has 4 aromatic carbocycles. The first-order chi connectivity index (χ1) is 17.1. The third-order valence-electron chi connectivity index (χ3n) is 4.98. The Balaban J connectivity index is 1.19. The number of hydrogen-bond acceptors (Lipinski definition) is 5. The number of hydrazine groups is 1. The largest absolute Gasteiger partial charge is 0.490 e. The highest BCUT2D eigenvalue weighted by atomic mass is 79.9. The van der Waals surface area contributed by atoms with Gasteiger partial charge in [-0.3, -0.25) is 20.4 Å². The highest BCUT2D eigenvalue weighted by Gasteiger charge is 2.11. The summed E-state index contributed by atoms with van der Waals surface area (Å²) in [6.45, 7) is 0.509. The van der Waals surface area contributed by atoms with Gasteiger partial charge in [0.15, 0.2) is 6.61 Å². The molecule has 178 valence electrons. The maximum Gasteiger partial charge on any atom is 0.276 e. The van der Waals surface area contributed by atoms with Crippen LogP contribution >= 0.6 is 15.9 Å². The standard InChI is InChI=1S/C27H23BrN2O5/c28-26-23-9-5-4-6-19(23)12-15-24(26)35-18-25(31)29-30-27(32)20-10-13-22(14-11-20)34-17-16-33-21-7-2-1-3-8-21/h1-15H,16-18H2,(H,29,31)(H,30,32). The van der Waals surface area contributed by atoms with Gasteiger partial charge in [0.25, 0.3) is 11.8 Å². The Morgan fingerprint density at radius 1 is 0.686 bits per heavy atom. The maximum absolute atomic E-state index is 12.3. The first-order valence-corrected chi connectivity index (χ1v) is 11.7. The van der Waals surface area contributed by atoms with Crippen LogP contribution < -0.4 is 25.1 Å². The van der Waals surface area contributed by atoms with Crippen molar-refractivity contribution in [2.45, 2.75) is 0 Å². The second kappa shape index (κ2) is 11.9. The third-order valence-corrected chi connectivity index (χ3v) is 5.80. The number of nitrogens with one attached hydrogen (secondary N) is 2. The van der Waals surface area contributed by atoms with Crippen molar-refractivity contribution in [3.05, 3.63) is 101 Å². The monoisotopic (exact) mass is 534 g/mol. The smallest absolute Gasteiger partial charge is 0.276 e. The average molecular weight is 535 g/mol. The molecule has 0 heterocycles. The Hall–Kier alpha value is -4.04. The van der Waals surface area contributed by atoms with Gasteiger partial charge in [-0.1, -0.05) is 48.5 Å². The lowest BCUT2D eigenvalue weighted by Crippen LogP contribution is -2.43. The van der Waals surface area contributed by atoms with Crippen LogP contribution in [0.4, 0.5) is 0 Å². The fraction of sp³-hybridized carbons (Fsp3) is 0.111. The molecule has 0 unspecified atom stereocenters. The molecular weight excluding hydrogens is 512 g/mol. The van der Waals surface area contributed by atoms with Gasteiger partial charge < -0.3 is 14.2 Å². The van der Waals surface area contributed by atoms with Crippen molar-refractivity contribution in [3.63, 3.8) is 0 Å². The van der Waals surface area contributed by atoms with Crippen LogP contribution in [0.2, 0.25) is 0 Å². The molecule has 7 nitrogen and oxygen atoms in total. The number of fused-ring (bicyclic) bond motifs is 1. The van der Waals surface area contributed by atoms with Gasteiger partial charge >= 0.3 is 0 Å². The number of carbonyl (C=O) groups excluding carboxylic acids is 2. The lowest BCUT2D eigenvalue weighted by Gasteiger charge is -2.12. The summed E-state index contributed by atoms with van der Waals surface area (Å²) in [7, 11) is 0. The Kier molecular flexibility index (Phi) is 8.19. The van der Waals surface area contributed by atoms with Crippen molar-refractivity contribution in [3.8, 4) is 17.2 Å². The lowest BCUT2D eigenvalue weighted by atomic mass is 10.1. The minimum absolute atomic E-state index is 0.255. The molecule has 4 rings (SSSR count). The van der Waals surface area contributed by atoms with E-state index in [2.05, 4.69) is 26.8 Å². The van der Waals surface area contributed by atoms with Gasteiger partial charge in [0.2, 0.25) is 0 Å². The highest BCUT2D eigenvalue weighted by Crippen LogP contribution is 2.32. The zero-order valence-corrected chi connectivity index (χ0v) is 20.3. The number of amides is 2. The molecule has 0 spiro atoms. The summed E-state index contributed by atoms with van der Waals surface area (Å²) >= 11 is 3.52. The number of rotatable bonds is 9. The van der Waals surface area contributed by atoms with Gasteiger partial charge in [-0.2, -0.15) is 0 Å². The Morgan fingerprint density at radius 2 is 1.34 bits per heavy atom. The number of para-hydroxylation sites is 1. The Bertz CT molecular complexity index is 1300. The molecule has 0 radical (unpaired) electrons. The van der Waals surface area contributed by atoms with Crippen molar-refractivity contribution in [2.75, 3.05) is 19.8 Å². The van der Waals surface area contributed by atoms with Gasteiger partial charge in [-0.05, 0) is 69.2 Å². The molecule has 0 saturated heterocycles. The predicted molar refractivity (Wildman–Crippen MR) is 137 cm³/mol. The van der Waals surface area contributed by atoms with E-state index < -0.39 is 11.8 Å². The van der Waals surface area contributed by atoms with E-state index in [0.717, 1.165) is 21.0 Å². The zero-order chi connectivity index (χ0) is 24.5. The molecule has 35 heavy (non-hydrogen) atoms. The van der Waals surface area contributed by atoms with Crippen LogP contribution in [-0.2, 0) is 4.79 Å². The molecule has 2 amide bonds. The average Bonchev–Trinajstić information content (AvgIpc) is 2.90. The molecule has 0 fully saturated rings. The minimum atomic E-state index is -0.489. The molecule has 0 aromatic heterocycles. The van der Waals surface area contributed by atoms with Crippen LogP contribution in [0, 0.1) is 0 Å². The summed E-state index contributed by atoms with van der Waals surface area (Å²) in [4.78, 5) is 24.4. The predicted octanol–water partition coefficient (Wildman–Crippen LogP) is 4.90. The summed E-state index contributed by atoms with van der Waals surface area (Å²) in [5.41, 5.74) is 5.10. The van der Waals surface area contributed by atoms with Crippen molar-refractivity contribution < 1.29 is 23.8 Å². The van der Waals surface area contributed by atoms with Crippen LogP contribution in [-0.4, -0.2) is 31.6 Å². The van der Waals surface area contributed by atoms with E-state index in [0.29, 0.717) is 30.3 Å². The lowest BCUT2D eigenvalue weighted by molar-refractivity contribution is -0.123. The van der Waals surface area contributed by atoms with Crippen LogP contribution in [0.25, 0.3) is 10.8 Å². The molecule has 0 aliphatic heterocycles. The number of halogens is 1. The summed E-state index contributed by atoms with van der Waals surface area (Å²) in [6.07, 6.45) is 0. The molecule has 0 aliphatic carbocycles. The summed E-state index contributed by atoms with van der Waals surface area (Å²) in [6, 6.07) is 27.6. The fourth-order valence-electron chi connectivity index (χ4n) is 3.24. The van der Waals surface area contributed by atoms with Crippen molar-refractivity contribution in [1.82, 2.24) is 10.9 Å². The van der Waals surface area contributed by atoms with E-state index >= 15 is 0 Å². The first kappa shape index (κ1) is 24.1. The van der Waals surface area contributed by atoms with E-state index in [1.54, 1.807) is 30.3 Å². The molecule has 4 aromatic rings. The van der Waals surface area contributed by atoms with Crippen LogP contribution in [0.1, 0.15) is 10.4 Å². The minimum Gasteiger partial charge on any atom is -0.490 e. The highest BCUT2D eigenvalue weighted by molar-refractivity contribution is 9.10. The van der Waals surface area contributed by atoms with E-state index in [-0.39, 0.29) is 6.61 Å². The molecule has 0 atom stereocenters. The first-order valence-electron chi connectivity index (χ1n) is 10.9. The topological polar surface area (TPSA) is 85.9 Å². The third kappa shape index (κ3) is 6.74. The van der Waals surface area contributed by atoms with Crippen molar-refractivity contribution in [2.24, 2.45) is 0 Å². The van der Waals surface area contributed by atoms with Gasteiger partial charge in [0.05, 0.1) is 4.47 Å². The van der Waals surface area contributed by atoms with E-state index in [4.69, 9.17) is 14.2 Å². The fourth-order valence-corrected chi connectivity index (χ4v) is 3.85. The maximum atomic E-state index is 12.3. The summed E-state index contributed by atoms with van der Waals surface area (Å²) in [5, 5.41) is 2.04. The molecular formula is C27H23BrN2O5. The van der Waals surface area contributed by atoms with E-state index in [1.807, 2.05) is 60.7 Å². The van der Waals surface area contributed by atoms with Crippen molar-refractivity contribution in [1.29, 1.82) is 0 Å². The second-order valence-corrected chi connectivity index (χ2v) is 8.22. The van der Waals surface area contributed by atoms with Gasteiger partial charge in [0.1, 0.15) is 30.5 Å². The van der Waals surface area contributed by atoms with Gasteiger partial charge in [0, 0.05) is 5.56 Å². The zero-order valence-electron chi connectivity index (χ0n) is 18.7. The molecule has 0 saturated carbocycles.